The van der Waals surface area contributed by atoms with Gasteiger partial charge >= 0.3 is 19.0 Å². The molecule has 0 amide bonds. The lowest BCUT2D eigenvalue weighted by molar-refractivity contribution is -0.858. The fraction of sp³-hybridized carbons (Fsp3) is 0.0192. The van der Waals surface area contributed by atoms with Crippen LogP contribution in [0.3, 0.4) is 0 Å². The molecular formula is C52H36N3O+3. The second-order valence-corrected chi connectivity index (χ2v) is 14.5. The van der Waals surface area contributed by atoms with Gasteiger partial charge in [-0.25, -0.2) is 0 Å². The van der Waals surface area contributed by atoms with Gasteiger partial charge in [0.25, 0.3) is 0 Å². The van der Waals surface area contributed by atoms with Crippen molar-refractivity contribution in [1.82, 2.24) is 0 Å². The molecular weight excluding hydrogens is 683 g/mol. The number of hydrogen-bond donors (Lipinski definition) is 0. The standard InChI is InChI=1S/C52H36N3O/c1-3-17-39(18-4-1)53-34-54(40-19-5-2-6-20-40)36-55(35-53)41-21-15-16-37(32-41)42-22-7-8-23-43(42)38-30-31-49-51(33-38)56-50-29-14-13-28-48(50)52(49)46-26-11-9-24-44(46)45-25-10-12-27-47(45)52/h1-36H/q+3. The van der Waals surface area contributed by atoms with Gasteiger partial charge in [-0.3, -0.25) is 0 Å². The Morgan fingerprint density at radius 1 is 0.304 bits per heavy atom. The second kappa shape index (κ2) is 12.9. The topological polar surface area (TPSA) is 20.9 Å². The average molecular weight is 719 g/mol. The molecule has 2 aliphatic rings. The fourth-order valence-electron chi connectivity index (χ4n) is 8.94. The first-order valence-electron chi connectivity index (χ1n) is 19.1. The van der Waals surface area contributed by atoms with Crippen LogP contribution >= 0.6 is 0 Å². The Labute approximate surface area is 326 Å². The average Bonchev–Trinajstić information content (AvgIpc) is 3.57. The maximum Gasteiger partial charge on any atom is 0.428 e. The summed E-state index contributed by atoms with van der Waals surface area (Å²) >= 11 is 0. The van der Waals surface area contributed by atoms with Crippen LogP contribution in [0.15, 0.2) is 219 Å². The van der Waals surface area contributed by atoms with E-state index in [2.05, 4.69) is 221 Å². The number of ether oxygens (including phenoxy) is 1. The van der Waals surface area contributed by atoms with E-state index < -0.39 is 5.41 Å². The van der Waals surface area contributed by atoms with Gasteiger partial charge < -0.3 is 4.74 Å². The third-order valence-corrected chi connectivity index (χ3v) is 11.4. The third-order valence-electron chi connectivity index (χ3n) is 11.4. The van der Waals surface area contributed by atoms with Crippen molar-refractivity contribution in [2.75, 3.05) is 0 Å². The minimum atomic E-state index is -0.482. The Hall–Kier alpha value is -7.43. The summed E-state index contributed by atoms with van der Waals surface area (Å²) in [4.78, 5) is 0. The van der Waals surface area contributed by atoms with Crippen LogP contribution in [0.4, 0.5) is 0 Å². The molecule has 4 nitrogen and oxygen atoms in total. The Kier molecular flexibility index (Phi) is 7.36. The Morgan fingerprint density at radius 3 is 1.36 bits per heavy atom. The van der Waals surface area contributed by atoms with Gasteiger partial charge in [-0.1, -0.05) is 165 Å². The molecule has 11 rings (SSSR count). The quantitative estimate of drug-likeness (QED) is 0.162. The van der Waals surface area contributed by atoms with Gasteiger partial charge in [0.15, 0.2) is 0 Å². The molecule has 1 aliphatic carbocycles. The van der Waals surface area contributed by atoms with Crippen LogP contribution < -0.4 is 18.4 Å². The summed E-state index contributed by atoms with van der Waals surface area (Å²) in [6.45, 7) is 0. The van der Waals surface area contributed by atoms with Crippen LogP contribution in [-0.2, 0) is 5.41 Å². The van der Waals surface area contributed by atoms with Crippen molar-refractivity contribution in [2.24, 2.45) is 0 Å². The summed E-state index contributed by atoms with van der Waals surface area (Å²) in [5.41, 5.74) is 14.8. The highest BCUT2D eigenvalue weighted by atomic mass is 16.5. The van der Waals surface area contributed by atoms with Gasteiger partial charge in [-0.05, 0) is 56.6 Å². The Bertz CT molecular complexity index is 2850. The first-order chi connectivity index (χ1) is 27.8. The summed E-state index contributed by atoms with van der Waals surface area (Å²) in [5.74, 6) is 1.78. The summed E-state index contributed by atoms with van der Waals surface area (Å²) in [6.07, 6.45) is 6.38. The molecule has 0 fully saturated rings. The highest BCUT2D eigenvalue weighted by Crippen LogP contribution is 2.62. The molecule has 1 spiro atoms. The molecule has 0 atom stereocenters. The van der Waals surface area contributed by atoms with Crippen molar-refractivity contribution in [3.05, 3.63) is 241 Å². The van der Waals surface area contributed by atoms with E-state index in [0.717, 1.165) is 56.4 Å². The molecule has 4 heteroatoms. The molecule has 8 aromatic carbocycles. The van der Waals surface area contributed by atoms with Gasteiger partial charge in [0.2, 0.25) is 17.1 Å². The predicted octanol–water partition coefficient (Wildman–Crippen LogP) is 10.3. The van der Waals surface area contributed by atoms with Gasteiger partial charge in [0.05, 0.1) is 5.41 Å². The van der Waals surface area contributed by atoms with Crippen molar-refractivity contribution >= 4 is 0 Å². The maximum absolute atomic E-state index is 6.87. The molecule has 56 heavy (non-hydrogen) atoms. The lowest BCUT2D eigenvalue weighted by atomic mass is 9.66. The molecule has 0 saturated heterocycles. The van der Waals surface area contributed by atoms with Gasteiger partial charge in [0, 0.05) is 47.5 Å². The second-order valence-electron chi connectivity index (χ2n) is 14.5. The molecule has 0 bridgehead atoms. The van der Waals surface area contributed by atoms with E-state index in [0.29, 0.717) is 0 Å². The molecule has 0 radical (unpaired) electrons. The molecule has 0 N–H and O–H groups in total. The minimum Gasteiger partial charge on any atom is -0.457 e. The Morgan fingerprint density at radius 2 is 0.750 bits per heavy atom. The number of benzene rings is 8. The van der Waals surface area contributed by atoms with E-state index in [-0.39, 0.29) is 0 Å². The van der Waals surface area contributed by atoms with Crippen LogP contribution in [0.2, 0.25) is 0 Å². The van der Waals surface area contributed by atoms with E-state index in [1.807, 2.05) is 12.1 Å². The third kappa shape index (κ3) is 4.96. The summed E-state index contributed by atoms with van der Waals surface area (Å²) in [7, 11) is 0. The van der Waals surface area contributed by atoms with E-state index in [9.17, 15) is 0 Å². The lowest BCUT2D eigenvalue weighted by Crippen LogP contribution is -2.55. The minimum absolute atomic E-state index is 0.482. The summed E-state index contributed by atoms with van der Waals surface area (Å²) in [6, 6.07) is 71.5. The zero-order valence-corrected chi connectivity index (χ0v) is 30.5. The summed E-state index contributed by atoms with van der Waals surface area (Å²) < 4.78 is 13.4. The largest absolute Gasteiger partial charge is 0.457 e. The number of nitrogens with zero attached hydrogens (tertiary/aromatic N) is 3. The molecule has 1 aliphatic heterocycles. The van der Waals surface area contributed by atoms with Crippen molar-refractivity contribution < 1.29 is 18.4 Å². The van der Waals surface area contributed by atoms with E-state index in [1.54, 1.807) is 0 Å². The zero-order valence-electron chi connectivity index (χ0n) is 30.5. The van der Waals surface area contributed by atoms with Gasteiger partial charge in [-0.15, -0.1) is 0 Å². The zero-order chi connectivity index (χ0) is 37.1. The van der Waals surface area contributed by atoms with Crippen molar-refractivity contribution in [1.29, 1.82) is 0 Å². The molecule has 0 unspecified atom stereocenters. The van der Waals surface area contributed by atoms with Crippen molar-refractivity contribution in [2.45, 2.75) is 5.41 Å². The van der Waals surface area contributed by atoms with Crippen LogP contribution in [0.5, 0.6) is 11.5 Å². The van der Waals surface area contributed by atoms with Gasteiger partial charge in [-0.2, -0.15) is 0 Å². The fourth-order valence-corrected chi connectivity index (χ4v) is 8.94. The number of fused-ring (bicyclic) bond motifs is 9. The number of rotatable bonds is 5. The first-order valence-corrected chi connectivity index (χ1v) is 19.1. The monoisotopic (exact) mass is 718 g/mol. The SMILES string of the molecule is c1ccc(-[n+]2c[n+](-c3ccccc3)c[n+](-c3cccc(-c4ccccc4-c4ccc5c(c4)Oc4ccccc4C54c5ccccc5-c5ccccc54)c3)c2)cc1. The highest BCUT2D eigenvalue weighted by Gasteiger charge is 2.50. The van der Waals surface area contributed by atoms with Crippen LogP contribution in [0.25, 0.3) is 50.4 Å². The van der Waals surface area contributed by atoms with E-state index in [4.69, 9.17) is 4.74 Å². The van der Waals surface area contributed by atoms with Crippen molar-refractivity contribution in [3.63, 3.8) is 0 Å². The van der Waals surface area contributed by atoms with Gasteiger partial charge in [0.1, 0.15) is 11.5 Å². The number of para-hydroxylation sites is 3. The molecule has 9 aromatic rings. The molecule has 1 aromatic heterocycles. The Balaban J connectivity index is 1.04. The highest BCUT2D eigenvalue weighted by molar-refractivity contribution is 5.90. The molecule has 262 valence electrons. The number of aromatic nitrogens is 3. The number of hydrogen-bond acceptors (Lipinski definition) is 1. The summed E-state index contributed by atoms with van der Waals surface area (Å²) in [5, 5.41) is 0. The first kappa shape index (κ1) is 32.0. The normalized spacial score (nSPS) is 12.9. The van der Waals surface area contributed by atoms with E-state index in [1.165, 1.54) is 27.8 Å². The van der Waals surface area contributed by atoms with Crippen LogP contribution in [0, 0.1) is 0 Å². The van der Waals surface area contributed by atoms with E-state index >= 15 is 0 Å². The van der Waals surface area contributed by atoms with Crippen LogP contribution in [0.1, 0.15) is 22.3 Å². The molecule has 2 heterocycles. The van der Waals surface area contributed by atoms with Crippen LogP contribution in [-0.4, -0.2) is 0 Å². The molecule has 0 saturated carbocycles. The van der Waals surface area contributed by atoms with Crippen molar-refractivity contribution in [3.8, 4) is 61.9 Å². The lowest BCUT2D eigenvalue weighted by Gasteiger charge is -2.39. The predicted molar refractivity (Wildman–Crippen MR) is 219 cm³/mol. The maximum atomic E-state index is 6.87. The smallest absolute Gasteiger partial charge is 0.428 e.